The average Bonchev–Trinajstić information content (AvgIpc) is 2.45. The molecule has 1 atom stereocenters. The van der Waals surface area contributed by atoms with Crippen molar-refractivity contribution >= 4 is 23.0 Å². The Morgan fingerprint density at radius 1 is 1.25 bits per heavy atom. The second-order valence-electron chi connectivity index (χ2n) is 4.47. The number of non-ortho nitro benzene ring substituents is 1. The van der Waals surface area contributed by atoms with Gasteiger partial charge in [-0.1, -0.05) is 36.7 Å². The Bertz CT molecular complexity index is 616. The topological polar surface area (TPSA) is 55.2 Å². The fraction of sp³-hybridized carbons (Fsp3) is 0.200. The maximum atomic E-state index is 10.8. The molecule has 0 amide bonds. The second-order valence-corrected chi connectivity index (χ2v) is 4.90. The summed E-state index contributed by atoms with van der Waals surface area (Å²) in [6, 6.07) is 14.1. The van der Waals surface area contributed by atoms with Crippen molar-refractivity contribution < 1.29 is 4.92 Å². The summed E-state index contributed by atoms with van der Waals surface area (Å²) in [5.41, 5.74) is 1.89. The maximum Gasteiger partial charge on any atom is 0.269 e. The van der Waals surface area contributed by atoms with E-state index in [0.29, 0.717) is 5.02 Å². The van der Waals surface area contributed by atoms with E-state index < -0.39 is 0 Å². The number of hydrogen-bond donors (Lipinski definition) is 1. The lowest BCUT2D eigenvalue weighted by molar-refractivity contribution is -0.384. The first-order chi connectivity index (χ1) is 9.60. The smallest absolute Gasteiger partial charge is 0.269 e. The highest BCUT2D eigenvalue weighted by molar-refractivity contribution is 6.30. The summed E-state index contributed by atoms with van der Waals surface area (Å²) in [7, 11) is 0. The molecule has 0 heterocycles. The highest BCUT2D eigenvalue weighted by Gasteiger charge is 2.13. The molecule has 4 nitrogen and oxygen atoms in total. The Labute approximate surface area is 122 Å². The van der Waals surface area contributed by atoms with Crippen LogP contribution in [-0.4, -0.2) is 4.92 Å². The third kappa shape index (κ3) is 3.48. The van der Waals surface area contributed by atoms with Gasteiger partial charge in [0.1, 0.15) is 0 Å². The van der Waals surface area contributed by atoms with Crippen molar-refractivity contribution in [1.29, 1.82) is 0 Å². The number of nitro benzene ring substituents is 1. The molecule has 0 aliphatic rings. The van der Waals surface area contributed by atoms with Crippen molar-refractivity contribution in [1.82, 2.24) is 0 Å². The van der Waals surface area contributed by atoms with Gasteiger partial charge in [0.15, 0.2) is 0 Å². The van der Waals surface area contributed by atoms with E-state index in [4.69, 9.17) is 11.6 Å². The van der Waals surface area contributed by atoms with Crippen molar-refractivity contribution in [3.05, 3.63) is 69.2 Å². The maximum absolute atomic E-state index is 10.8. The molecule has 0 saturated heterocycles. The fourth-order valence-corrected chi connectivity index (χ4v) is 2.25. The quantitative estimate of drug-likeness (QED) is 0.635. The first-order valence-corrected chi connectivity index (χ1v) is 6.74. The molecule has 0 aliphatic carbocycles. The van der Waals surface area contributed by atoms with Crippen LogP contribution >= 0.6 is 11.6 Å². The molecule has 0 bridgehead atoms. The molecule has 0 spiro atoms. The Kier molecular flexibility index (Phi) is 4.58. The zero-order valence-electron chi connectivity index (χ0n) is 11.0. The van der Waals surface area contributed by atoms with Gasteiger partial charge in [0.2, 0.25) is 0 Å². The molecule has 20 heavy (non-hydrogen) atoms. The highest BCUT2D eigenvalue weighted by atomic mass is 35.5. The van der Waals surface area contributed by atoms with Crippen LogP contribution in [0.15, 0.2) is 48.5 Å². The van der Waals surface area contributed by atoms with Crippen molar-refractivity contribution in [2.24, 2.45) is 0 Å². The molecule has 1 N–H and O–H groups in total. The predicted octanol–water partition coefficient (Wildman–Crippen LogP) is 4.81. The van der Waals surface area contributed by atoms with Crippen molar-refractivity contribution in [3.63, 3.8) is 0 Å². The summed E-state index contributed by atoms with van der Waals surface area (Å²) in [5, 5.41) is 14.8. The predicted molar refractivity (Wildman–Crippen MR) is 81.2 cm³/mol. The normalized spacial score (nSPS) is 11.9. The van der Waals surface area contributed by atoms with Gasteiger partial charge in [-0.15, -0.1) is 0 Å². The second kappa shape index (κ2) is 6.39. The first-order valence-electron chi connectivity index (χ1n) is 6.36. The zero-order valence-corrected chi connectivity index (χ0v) is 11.8. The minimum absolute atomic E-state index is 0.00775. The summed E-state index contributed by atoms with van der Waals surface area (Å²) in [6.07, 6.45) is 0.813. The van der Waals surface area contributed by atoms with E-state index in [0.717, 1.165) is 17.7 Å². The van der Waals surface area contributed by atoms with E-state index in [1.54, 1.807) is 18.2 Å². The number of nitrogens with one attached hydrogen (secondary N) is 1. The first kappa shape index (κ1) is 14.3. The average molecular weight is 291 g/mol. The largest absolute Gasteiger partial charge is 0.378 e. The van der Waals surface area contributed by atoms with Crippen LogP contribution in [0.2, 0.25) is 5.02 Å². The van der Waals surface area contributed by atoms with Gasteiger partial charge in [-0.3, -0.25) is 10.1 Å². The molecule has 0 saturated carbocycles. The standard InChI is InChI=1S/C15H15ClN2O2/c1-2-15(17-13-7-4-6-12(16)10-13)11-5-3-8-14(9-11)18(19)20/h3-10,15,17H,2H2,1H3. The van der Waals surface area contributed by atoms with Crippen molar-refractivity contribution in [2.75, 3.05) is 5.32 Å². The number of benzene rings is 2. The van der Waals surface area contributed by atoms with E-state index in [2.05, 4.69) is 5.32 Å². The van der Waals surface area contributed by atoms with Gasteiger partial charge in [-0.05, 0) is 30.2 Å². The van der Waals surface area contributed by atoms with Crippen LogP contribution in [0.1, 0.15) is 24.9 Å². The Hall–Kier alpha value is -2.07. The summed E-state index contributed by atoms with van der Waals surface area (Å²) < 4.78 is 0. The minimum atomic E-state index is -0.379. The van der Waals surface area contributed by atoms with Crippen LogP contribution < -0.4 is 5.32 Å². The molecule has 2 rings (SSSR count). The third-order valence-corrected chi connectivity index (χ3v) is 3.29. The number of halogens is 1. The van der Waals surface area contributed by atoms with Crippen LogP contribution in [0.4, 0.5) is 11.4 Å². The number of nitro groups is 1. The summed E-state index contributed by atoms with van der Waals surface area (Å²) in [5.74, 6) is 0. The molecule has 0 fully saturated rings. The SMILES string of the molecule is CCC(Nc1cccc(Cl)c1)c1cccc([N+](=O)[O-])c1. The number of nitrogens with zero attached hydrogens (tertiary/aromatic N) is 1. The van der Waals surface area contributed by atoms with Gasteiger partial charge in [0, 0.05) is 22.8 Å². The Balaban J connectivity index is 2.24. The van der Waals surface area contributed by atoms with Crippen LogP contribution in [0.5, 0.6) is 0 Å². The molecular weight excluding hydrogens is 276 g/mol. The highest BCUT2D eigenvalue weighted by Crippen LogP contribution is 2.26. The van der Waals surface area contributed by atoms with Gasteiger partial charge in [-0.25, -0.2) is 0 Å². The number of hydrogen-bond acceptors (Lipinski definition) is 3. The van der Waals surface area contributed by atoms with Crippen molar-refractivity contribution in [3.8, 4) is 0 Å². The molecule has 0 radical (unpaired) electrons. The number of rotatable bonds is 5. The van der Waals surface area contributed by atoms with Crippen LogP contribution in [0.25, 0.3) is 0 Å². The molecule has 5 heteroatoms. The van der Waals surface area contributed by atoms with Gasteiger partial charge >= 0.3 is 0 Å². The lowest BCUT2D eigenvalue weighted by Gasteiger charge is -2.18. The van der Waals surface area contributed by atoms with Crippen LogP contribution in [0.3, 0.4) is 0 Å². The minimum Gasteiger partial charge on any atom is -0.378 e. The van der Waals surface area contributed by atoms with E-state index in [9.17, 15) is 10.1 Å². The Morgan fingerprint density at radius 3 is 2.65 bits per heavy atom. The van der Waals surface area contributed by atoms with Gasteiger partial charge < -0.3 is 5.32 Å². The van der Waals surface area contributed by atoms with Gasteiger partial charge in [0.25, 0.3) is 5.69 Å². The van der Waals surface area contributed by atoms with E-state index in [1.165, 1.54) is 6.07 Å². The summed E-state index contributed by atoms with van der Waals surface area (Å²) >= 11 is 5.95. The molecule has 2 aromatic rings. The molecule has 2 aromatic carbocycles. The third-order valence-electron chi connectivity index (χ3n) is 3.06. The lowest BCUT2D eigenvalue weighted by atomic mass is 10.0. The fourth-order valence-electron chi connectivity index (χ4n) is 2.06. The van der Waals surface area contributed by atoms with Gasteiger partial charge in [-0.2, -0.15) is 0 Å². The van der Waals surface area contributed by atoms with Gasteiger partial charge in [0.05, 0.1) is 11.0 Å². The van der Waals surface area contributed by atoms with Crippen LogP contribution in [0, 0.1) is 10.1 Å². The van der Waals surface area contributed by atoms with Crippen LogP contribution in [-0.2, 0) is 0 Å². The summed E-state index contributed by atoms with van der Waals surface area (Å²) in [6.45, 7) is 2.03. The monoisotopic (exact) mass is 290 g/mol. The zero-order chi connectivity index (χ0) is 14.5. The molecule has 0 aliphatic heterocycles. The molecular formula is C15H15ClN2O2. The van der Waals surface area contributed by atoms with E-state index in [1.807, 2.05) is 31.2 Å². The van der Waals surface area contributed by atoms with Crippen molar-refractivity contribution in [2.45, 2.75) is 19.4 Å². The molecule has 0 aromatic heterocycles. The number of anilines is 1. The summed E-state index contributed by atoms with van der Waals surface area (Å²) in [4.78, 5) is 10.5. The molecule has 104 valence electrons. The van der Waals surface area contributed by atoms with E-state index >= 15 is 0 Å². The molecule has 1 unspecified atom stereocenters. The Morgan fingerprint density at radius 2 is 2.00 bits per heavy atom. The lowest BCUT2D eigenvalue weighted by Crippen LogP contribution is -2.09. The van der Waals surface area contributed by atoms with E-state index in [-0.39, 0.29) is 16.7 Å².